The molecule has 0 aromatic carbocycles. The fourth-order valence-electron chi connectivity index (χ4n) is 6.77. The summed E-state index contributed by atoms with van der Waals surface area (Å²) in [5.41, 5.74) is 1.77. The van der Waals surface area contributed by atoms with Gasteiger partial charge in [0.2, 0.25) is 0 Å². The Morgan fingerprint density at radius 3 is 2.55 bits per heavy atom. The lowest BCUT2D eigenvalue weighted by Crippen LogP contribution is -2.52. The number of carbonyl (C=O) groups is 1. The van der Waals surface area contributed by atoms with Crippen LogP contribution < -0.4 is 0 Å². The van der Waals surface area contributed by atoms with E-state index in [0.29, 0.717) is 23.5 Å². The van der Waals surface area contributed by atoms with Crippen LogP contribution in [0.2, 0.25) is 0 Å². The highest BCUT2D eigenvalue weighted by atomic mass is 16.3. The van der Waals surface area contributed by atoms with Gasteiger partial charge in [0.15, 0.2) is 0 Å². The number of carbonyl (C=O) groups excluding carboxylic acids is 1. The van der Waals surface area contributed by atoms with Gasteiger partial charge in [-0.1, -0.05) is 32.4 Å². The van der Waals surface area contributed by atoms with Crippen LogP contribution in [0.5, 0.6) is 0 Å². The molecule has 1 N–H and O–H groups in total. The average molecular weight is 302 g/mol. The Morgan fingerprint density at radius 1 is 1.09 bits per heavy atom. The highest BCUT2D eigenvalue weighted by Gasteiger charge is 2.59. The van der Waals surface area contributed by atoms with Crippen LogP contribution in [-0.4, -0.2) is 17.0 Å². The molecular formula is C20H30O2. The van der Waals surface area contributed by atoms with Gasteiger partial charge in [-0.15, -0.1) is 0 Å². The van der Waals surface area contributed by atoms with E-state index < -0.39 is 0 Å². The summed E-state index contributed by atoms with van der Waals surface area (Å²) in [6.45, 7) is 7.07. The summed E-state index contributed by atoms with van der Waals surface area (Å²) in [6.07, 6.45) is 9.53. The van der Waals surface area contributed by atoms with Gasteiger partial charge >= 0.3 is 0 Å². The molecule has 2 nitrogen and oxygen atoms in total. The van der Waals surface area contributed by atoms with Gasteiger partial charge in [-0.05, 0) is 67.6 Å². The molecule has 0 saturated heterocycles. The van der Waals surface area contributed by atoms with Crippen LogP contribution >= 0.6 is 0 Å². The number of hydrogen-bond acceptors (Lipinski definition) is 2. The molecule has 22 heavy (non-hydrogen) atoms. The molecule has 7 atom stereocenters. The van der Waals surface area contributed by atoms with Crippen molar-refractivity contribution < 1.29 is 9.90 Å². The molecule has 122 valence electrons. The molecule has 0 aromatic rings. The Kier molecular flexibility index (Phi) is 3.18. The zero-order valence-corrected chi connectivity index (χ0v) is 14.3. The number of fused-ring (bicyclic) bond motifs is 5. The molecule has 0 amide bonds. The Hall–Kier alpha value is -0.630. The highest BCUT2D eigenvalue weighted by molar-refractivity contribution is 5.87. The van der Waals surface area contributed by atoms with Crippen molar-refractivity contribution >= 4 is 5.78 Å². The quantitative estimate of drug-likeness (QED) is 0.683. The molecule has 0 spiro atoms. The third-order valence-electron chi connectivity index (χ3n) is 8.12. The molecule has 0 heterocycles. The minimum Gasteiger partial charge on any atom is -0.393 e. The van der Waals surface area contributed by atoms with Crippen LogP contribution in [0.25, 0.3) is 0 Å². The van der Waals surface area contributed by atoms with Crippen LogP contribution in [-0.2, 0) is 4.79 Å². The standard InChI is InChI=1S/C20H30O2/c1-12-10-13-11-14(21)6-8-19(13,2)16-7-9-20(3)15(18(12)16)4-5-17(20)22/h10,12,14-16,18,21H,4-9,11H2,1-3H3/t12-,14-,15-,16-,18-,19-,20-/m0/s1. The molecule has 4 aliphatic carbocycles. The van der Waals surface area contributed by atoms with E-state index in [0.717, 1.165) is 44.4 Å². The molecule has 4 aliphatic rings. The van der Waals surface area contributed by atoms with Gasteiger partial charge in [-0.25, -0.2) is 0 Å². The van der Waals surface area contributed by atoms with Crippen molar-refractivity contribution in [2.75, 3.05) is 0 Å². The lowest BCUT2D eigenvalue weighted by Gasteiger charge is -2.58. The maximum Gasteiger partial charge on any atom is 0.139 e. The van der Waals surface area contributed by atoms with Crippen molar-refractivity contribution in [3.05, 3.63) is 11.6 Å². The van der Waals surface area contributed by atoms with Crippen LogP contribution in [0.15, 0.2) is 11.6 Å². The van der Waals surface area contributed by atoms with Gasteiger partial charge in [0.1, 0.15) is 5.78 Å². The first kappa shape index (κ1) is 14.9. The molecule has 3 fully saturated rings. The molecule has 0 radical (unpaired) electrons. The first-order chi connectivity index (χ1) is 10.4. The van der Waals surface area contributed by atoms with Crippen molar-refractivity contribution in [2.24, 2.45) is 34.5 Å². The Balaban J connectivity index is 1.75. The van der Waals surface area contributed by atoms with E-state index in [1.807, 2.05) is 0 Å². The van der Waals surface area contributed by atoms with E-state index in [1.165, 1.54) is 12.0 Å². The van der Waals surface area contributed by atoms with Crippen LogP contribution in [0.4, 0.5) is 0 Å². The molecule has 0 bridgehead atoms. The molecule has 3 saturated carbocycles. The summed E-state index contributed by atoms with van der Waals surface area (Å²) in [6, 6.07) is 0. The predicted molar refractivity (Wildman–Crippen MR) is 87.3 cm³/mol. The first-order valence-corrected chi connectivity index (χ1v) is 9.29. The van der Waals surface area contributed by atoms with Crippen molar-refractivity contribution in [3.63, 3.8) is 0 Å². The third-order valence-corrected chi connectivity index (χ3v) is 8.12. The first-order valence-electron chi connectivity index (χ1n) is 9.29. The number of Topliss-reactive ketones (excluding diaryl/α,β-unsaturated/α-hetero) is 1. The predicted octanol–water partition coefficient (Wildman–Crippen LogP) is 4.13. The Morgan fingerprint density at radius 2 is 1.77 bits per heavy atom. The van der Waals surface area contributed by atoms with Crippen molar-refractivity contribution in [1.29, 1.82) is 0 Å². The summed E-state index contributed by atoms with van der Waals surface area (Å²) >= 11 is 0. The molecule has 0 unspecified atom stereocenters. The van der Waals surface area contributed by atoms with Gasteiger partial charge in [-0.3, -0.25) is 4.79 Å². The summed E-state index contributed by atoms with van der Waals surface area (Å²) in [5.74, 6) is 3.08. The molecule has 4 rings (SSSR count). The summed E-state index contributed by atoms with van der Waals surface area (Å²) in [5, 5.41) is 10.1. The van der Waals surface area contributed by atoms with Gasteiger partial charge in [0, 0.05) is 11.8 Å². The molecule has 0 aliphatic heterocycles. The SMILES string of the molecule is C[C@H]1C=C2C[C@@H](O)CC[C@]2(C)[C@H]2CC[C@]3(C)C(=O)CC[C@H]3[C@H]12. The van der Waals surface area contributed by atoms with E-state index >= 15 is 0 Å². The molecular weight excluding hydrogens is 272 g/mol. The monoisotopic (exact) mass is 302 g/mol. The number of aliphatic hydroxyl groups excluding tert-OH is 1. The number of hydrogen-bond donors (Lipinski definition) is 1. The van der Waals surface area contributed by atoms with Gasteiger partial charge < -0.3 is 5.11 Å². The number of rotatable bonds is 0. The van der Waals surface area contributed by atoms with Crippen molar-refractivity contribution in [3.8, 4) is 0 Å². The maximum absolute atomic E-state index is 12.5. The third kappa shape index (κ3) is 1.79. The maximum atomic E-state index is 12.5. The summed E-state index contributed by atoms with van der Waals surface area (Å²) in [4.78, 5) is 12.5. The lowest BCUT2D eigenvalue weighted by atomic mass is 9.46. The van der Waals surface area contributed by atoms with E-state index in [9.17, 15) is 9.90 Å². The van der Waals surface area contributed by atoms with Crippen LogP contribution in [0, 0.1) is 34.5 Å². The second-order valence-electron chi connectivity index (χ2n) is 9.07. The Bertz CT molecular complexity index is 536. The van der Waals surface area contributed by atoms with Crippen molar-refractivity contribution in [1.82, 2.24) is 0 Å². The highest BCUT2D eigenvalue weighted by Crippen LogP contribution is 2.65. The summed E-state index contributed by atoms with van der Waals surface area (Å²) in [7, 11) is 0. The van der Waals surface area contributed by atoms with Gasteiger partial charge in [-0.2, -0.15) is 0 Å². The van der Waals surface area contributed by atoms with E-state index in [2.05, 4.69) is 26.8 Å². The van der Waals surface area contributed by atoms with E-state index in [-0.39, 0.29) is 16.9 Å². The number of aliphatic hydroxyl groups is 1. The fraction of sp³-hybridized carbons (Fsp3) is 0.850. The fourth-order valence-corrected chi connectivity index (χ4v) is 6.77. The molecule has 2 heteroatoms. The topological polar surface area (TPSA) is 37.3 Å². The Labute approximate surface area is 134 Å². The minimum absolute atomic E-state index is 0.0364. The zero-order valence-electron chi connectivity index (χ0n) is 14.3. The van der Waals surface area contributed by atoms with E-state index in [1.54, 1.807) is 0 Å². The number of ketones is 1. The second kappa shape index (κ2) is 4.69. The number of allylic oxidation sites excluding steroid dienone is 1. The smallest absolute Gasteiger partial charge is 0.139 e. The lowest BCUT2D eigenvalue weighted by molar-refractivity contribution is -0.133. The van der Waals surface area contributed by atoms with Crippen molar-refractivity contribution in [2.45, 2.75) is 71.8 Å². The van der Waals surface area contributed by atoms with Gasteiger partial charge in [0.25, 0.3) is 0 Å². The molecule has 0 aromatic heterocycles. The van der Waals surface area contributed by atoms with Crippen LogP contribution in [0.3, 0.4) is 0 Å². The average Bonchev–Trinajstić information content (AvgIpc) is 2.77. The zero-order chi connectivity index (χ0) is 15.7. The second-order valence-corrected chi connectivity index (χ2v) is 9.07. The van der Waals surface area contributed by atoms with Crippen LogP contribution in [0.1, 0.15) is 65.7 Å². The summed E-state index contributed by atoms with van der Waals surface area (Å²) < 4.78 is 0. The van der Waals surface area contributed by atoms with Gasteiger partial charge in [0.05, 0.1) is 6.10 Å². The van der Waals surface area contributed by atoms with E-state index in [4.69, 9.17) is 0 Å². The normalized spacial score (nSPS) is 54.3. The largest absolute Gasteiger partial charge is 0.393 e. The minimum atomic E-state index is -0.134.